The maximum atomic E-state index is 12.5. The Morgan fingerprint density at radius 3 is 2.68 bits per heavy atom. The van der Waals surface area contributed by atoms with Crippen LogP contribution in [-0.2, 0) is 0 Å². The van der Waals surface area contributed by atoms with Crippen LogP contribution in [0.2, 0.25) is 0 Å². The first-order valence-electron chi connectivity index (χ1n) is 6.90. The van der Waals surface area contributed by atoms with Gasteiger partial charge in [0, 0.05) is 18.7 Å². The second-order valence-corrected chi connectivity index (χ2v) is 6.36. The van der Waals surface area contributed by atoms with Crippen molar-refractivity contribution in [2.24, 2.45) is 0 Å². The molecular formula is C15H18N2OS. The van der Waals surface area contributed by atoms with E-state index in [1.165, 1.54) is 12.8 Å². The number of aryl methyl sites for hydroxylation is 1. The van der Waals surface area contributed by atoms with Gasteiger partial charge in [0.2, 0.25) is 0 Å². The lowest BCUT2D eigenvalue weighted by Crippen LogP contribution is -2.31. The summed E-state index contributed by atoms with van der Waals surface area (Å²) in [7, 11) is 0. The van der Waals surface area contributed by atoms with E-state index in [9.17, 15) is 4.79 Å². The molecule has 100 valence electrons. The number of hydrogen-bond donors (Lipinski definition) is 0. The van der Waals surface area contributed by atoms with E-state index in [2.05, 4.69) is 4.98 Å². The van der Waals surface area contributed by atoms with E-state index in [-0.39, 0.29) is 5.91 Å². The molecule has 1 aromatic carbocycles. The maximum absolute atomic E-state index is 12.5. The molecule has 0 atom stereocenters. The second-order valence-electron chi connectivity index (χ2n) is 5.12. The van der Waals surface area contributed by atoms with Crippen LogP contribution in [0.3, 0.4) is 0 Å². The number of fused-ring (bicyclic) bond motifs is 1. The minimum atomic E-state index is 0.176. The third-order valence-electron chi connectivity index (χ3n) is 3.64. The molecule has 0 bridgehead atoms. The summed E-state index contributed by atoms with van der Waals surface area (Å²) >= 11 is 1.65. The first kappa shape index (κ1) is 12.6. The fraction of sp³-hybridized carbons (Fsp3) is 0.467. The van der Waals surface area contributed by atoms with Crippen molar-refractivity contribution in [3.63, 3.8) is 0 Å². The predicted octanol–water partition coefficient (Wildman–Crippen LogP) is 3.62. The number of likely N-dealkylation sites (tertiary alicyclic amines) is 1. The van der Waals surface area contributed by atoms with Gasteiger partial charge in [-0.25, -0.2) is 4.98 Å². The lowest BCUT2D eigenvalue weighted by molar-refractivity contribution is 0.0762. The highest BCUT2D eigenvalue weighted by Gasteiger charge is 2.17. The highest BCUT2D eigenvalue weighted by atomic mass is 32.1. The van der Waals surface area contributed by atoms with E-state index in [0.717, 1.165) is 46.7 Å². The van der Waals surface area contributed by atoms with Gasteiger partial charge in [-0.3, -0.25) is 4.79 Å². The number of nitrogens with zero attached hydrogens (tertiary/aromatic N) is 2. The molecule has 0 radical (unpaired) electrons. The molecule has 4 heteroatoms. The average molecular weight is 274 g/mol. The van der Waals surface area contributed by atoms with Crippen molar-refractivity contribution < 1.29 is 4.79 Å². The summed E-state index contributed by atoms with van der Waals surface area (Å²) in [6.07, 6.45) is 4.76. The standard InChI is InChI=1S/C15H18N2OS/c1-11-16-13-7-6-12(10-14(13)19-11)15(18)17-8-4-2-3-5-9-17/h6-7,10H,2-5,8-9H2,1H3. The van der Waals surface area contributed by atoms with Crippen LogP contribution in [0.25, 0.3) is 10.2 Å². The summed E-state index contributed by atoms with van der Waals surface area (Å²) in [6.45, 7) is 3.80. The Labute approximate surface area is 117 Å². The number of thiazole rings is 1. The van der Waals surface area contributed by atoms with Crippen LogP contribution in [0.5, 0.6) is 0 Å². The van der Waals surface area contributed by atoms with E-state index >= 15 is 0 Å². The zero-order valence-corrected chi connectivity index (χ0v) is 12.0. The van der Waals surface area contributed by atoms with Crippen molar-refractivity contribution in [2.75, 3.05) is 13.1 Å². The summed E-state index contributed by atoms with van der Waals surface area (Å²) in [5.41, 5.74) is 1.80. The molecule has 0 N–H and O–H groups in total. The molecule has 1 saturated heterocycles. The van der Waals surface area contributed by atoms with Crippen LogP contribution in [-0.4, -0.2) is 28.9 Å². The summed E-state index contributed by atoms with van der Waals surface area (Å²) in [4.78, 5) is 18.9. The Balaban J connectivity index is 1.87. The third kappa shape index (κ3) is 2.63. The Morgan fingerprint density at radius 1 is 1.21 bits per heavy atom. The first-order valence-corrected chi connectivity index (χ1v) is 7.72. The molecule has 19 heavy (non-hydrogen) atoms. The molecule has 2 aromatic rings. The Hall–Kier alpha value is -1.42. The van der Waals surface area contributed by atoms with Crippen molar-refractivity contribution in [3.8, 4) is 0 Å². The van der Waals surface area contributed by atoms with Crippen molar-refractivity contribution in [3.05, 3.63) is 28.8 Å². The van der Waals surface area contributed by atoms with Crippen LogP contribution in [0, 0.1) is 6.92 Å². The number of benzene rings is 1. The van der Waals surface area contributed by atoms with Crippen LogP contribution in [0.1, 0.15) is 41.0 Å². The Morgan fingerprint density at radius 2 is 1.95 bits per heavy atom. The largest absolute Gasteiger partial charge is 0.339 e. The number of aromatic nitrogens is 1. The molecule has 1 aliphatic heterocycles. The average Bonchev–Trinajstić information content (AvgIpc) is 2.63. The van der Waals surface area contributed by atoms with Gasteiger partial charge in [0.1, 0.15) is 0 Å². The van der Waals surface area contributed by atoms with Gasteiger partial charge in [0.05, 0.1) is 15.2 Å². The van der Waals surface area contributed by atoms with E-state index in [0.29, 0.717) is 0 Å². The number of carbonyl (C=O) groups is 1. The van der Waals surface area contributed by atoms with Gasteiger partial charge in [-0.05, 0) is 38.0 Å². The highest BCUT2D eigenvalue weighted by Crippen LogP contribution is 2.23. The van der Waals surface area contributed by atoms with Gasteiger partial charge in [-0.15, -0.1) is 11.3 Å². The minimum absolute atomic E-state index is 0.176. The topological polar surface area (TPSA) is 33.2 Å². The van der Waals surface area contributed by atoms with E-state index in [1.54, 1.807) is 11.3 Å². The van der Waals surface area contributed by atoms with Gasteiger partial charge in [-0.1, -0.05) is 12.8 Å². The molecule has 1 fully saturated rings. The van der Waals surface area contributed by atoms with E-state index in [1.807, 2.05) is 30.0 Å². The number of amides is 1. The molecule has 2 heterocycles. The summed E-state index contributed by atoms with van der Waals surface area (Å²) < 4.78 is 1.11. The van der Waals surface area contributed by atoms with Gasteiger partial charge < -0.3 is 4.90 Å². The van der Waals surface area contributed by atoms with Crippen LogP contribution in [0.15, 0.2) is 18.2 Å². The minimum Gasteiger partial charge on any atom is -0.339 e. The zero-order chi connectivity index (χ0) is 13.2. The molecule has 3 nitrogen and oxygen atoms in total. The van der Waals surface area contributed by atoms with E-state index < -0.39 is 0 Å². The third-order valence-corrected chi connectivity index (χ3v) is 4.57. The van der Waals surface area contributed by atoms with Crippen molar-refractivity contribution in [1.82, 2.24) is 9.88 Å². The predicted molar refractivity (Wildman–Crippen MR) is 78.7 cm³/mol. The molecular weight excluding hydrogens is 256 g/mol. The number of hydrogen-bond acceptors (Lipinski definition) is 3. The van der Waals surface area contributed by atoms with Crippen molar-refractivity contribution in [2.45, 2.75) is 32.6 Å². The van der Waals surface area contributed by atoms with Crippen LogP contribution >= 0.6 is 11.3 Å². The monoisotopic (exact) mass is 274 g/mol. The Bertz CT molecular complexity index is 597. The molecule has 0 spiro atoms. The van der Waals surface area contributed by atoms with Gasteiger partial charge >= 0.3 is 0 Å². The van der Waals surface area contributed by atoms with Crippen molar-refractivity contribution in [1.29, 1.82) is 0 Å². The number of carbonyl (C=O) groups excluding carboxylic acids is 1. The zero-order valence-electron chi connectivity index (χ0n) is 11.2. The number of rotatable bonds is 1. The normalized spacial score (nSPS) is 16.6. The molecule has 1 amide bonds. The van der Waals surface area contributed by atoms with Crippen molar-refractivity contribution >= 4 is 27.5 Å². The SMILES string of the molecule is Cc1nc2ccc(C(=O)N3CCCCCC3)cc2s1. The first-order chi connectivity index (χ1) is 9.24. The highest BCUT2D eigenvalue weighted by molar-refractivity contribution is 7.18. The molecule has 1 aromatic heterocycles. The molecule has 0 saturated carbocycles. The smallest absolute Gasteiger partial charge is 0.253 e. The fourth-order valence-electron chi connectivity index (χ4n) is 2.63. The fourth-order valence-corrected chi connectivity index (χ4v) is 3.50. The quantitative estimate of drug-likeness (QED) is 0.795. The summed E-state index contributed by atoms with van der Waals surface area (Å²) in [5, 5.41) is 1.05. The second kappa shape index (κ2) is 5.29. The van der Waals surface area contributed by atoms with Gasteiger partial charge in [0.25, 0.3) is 5.91 Å². The van der Waals surface area contributed by atoms with Crippen LogP contribution < -0.4 is 0 Å². The summed E-state index contributed by atoms with van der Waals surface area (Å²) in [6, 6.07) is 5.87. The van der Waals surface area contributed by atoms with E-state index in [4.69, 9.17) is 0 Å². The maximum Gasteiger partial charge on any atom is 0.253 e. The van der Waals surface area contributed by atoms with Crippen LogP contribution in [0.4, 0.5) is 0 Å². The lowest BCUT2D eigenvalue weighted by atomic mass is 10.2. The summed E-state index contributed by atoms with van der Waals surface area (Å²) in [5.74, 6) is 0.176. The lowest BCUT2D eigenvalue weighted by Gasteiger charge is -2.20. The molecule has 0 aliphatic carbocycles. The Kier molecular flexibility index (Phi) is 3.51. The van der Waals surface area contributed by atoms with Gasteiger partial charge in [-0.2, -0.15) is 0 Å². The molecule has 0 unspecified atom stereocenters. The van der Waals surface area contributed by atoms with Gasteiger partial charge in [0.15, 0.2) is 0 Å². The molecule has 1 aliphatic rings. The molecule has 3 rings (SSSR count).